The number of likely N-dealkylation sites (tertiary alicyclic amines) is 2. The van der Waals surface area contributed by atoms with Gasteiger partial charge < -0.3 is 19.6 Å². The second-order valence-corrected chi connectivity index (χ2v) is 14.0. The van der Waals surface area contributed by atoms with Crippen LogP contribution in [0.1, 0.15) is 91.6 Å². The Balaban J connectivity index is 0.000000314. The fraction of sp³-hybridized carbons (Fsp3) is 0.442. The number of ether oxygens (including phenoxy) is 1. The molecule has 280 valence electrons. The van der Waals surface area contributed by atoms with Crippen molar-refractivity contribution in [1.29, 1.82) is 0 Å². The number of hydrogen-bond donors (Lipinski definition) is 1. The van der Waals surface area contributed by atoms with Crippen molar-refractivity contribution < 1.29 is 19.4 Å². The molecule has 4 nitrogen and oxygen atoms in total. The van der Waals surface area contributed by atoms with E-state index in [0.29, 0.717) is 29.4 Å². The molecule has 4 atom stereocenters. The summed E-state index contributed by atoms with van der Waals surface area (Å²) in [6, 6.07) is 34.1. The van der Waals surface area contributed by atoms with E-state index in [9.17, 15) is 5.11 Å². The zero-order chi connectivity index (χ0) is 41.4. The van der Waals surface area contributed by atoms with E-state index in [1.165, 1.54) is 4.90 Å². The highest BCUT2D eigenvalue weighted by Crippen LogP contribution is 2.35. The van der Waals surface area contributed by atoms with E-state index < -0.39 is 30.6 Å². The van der Waals surface area contributed by atoms with Crippen LogP contribution < -0.4 is 0 Å². The number of alkyl halides is 1. The number of halogens is 4. The molecule has 8 heteroatoms. The maximum Gasteiger partial charge on any atom is 0.115 e. The molecule has 2 saturated heterocycles. The fourth-order valence-electron chi connectivity index (χ4n) is 6.17. The predicted octanol–water partition coefficient (Wildman–Crippen LogP) is 11.5. The van der Waals surface area contributed by atoms with Gasteiger partial charge in [-0.1, -0.05) is 116 Å². The Morgan fingerprint density at radius 1 is 0.725 bits per heavy atom. The minimum Gasteiger partial charge on any atom is -0.381 e. The molecule has 0 aromatic heterocycles. The lowest BCUT2D eigenvalue weighted by molar-refractivity contribution is -0.0117. The van der Waals surface area contributed by atoms with Crippen molar-refractivity contribution in [2.75, 3.05) is 39.5 Å². The Kier molecular flexibility index (Phi) is 15.1. The van der Waals surface area contributed by atoms with Crippen molar-refractivity contribution in [2.45, 2.75) is 83.1 Å². The summed E-state index contributed by atoms with van der Waals surface area (Å²) in [4.78, 5) is 3.59. The van der Waals surface area contributed by atoms with Crippen molar-refractivity contribution in [2.24, 2.45) is 0 Å². The van der Waals surface area contributed by atoms with Gasteiger partial charge in [0.15, 0.2) is 0 Å². The number of hydrogen-bond acceptors (Lipinski definition) is 4. The third kappa shape index (κ3) is 13.1. The third-order valence-corrected chi connectivity index (χ3v) is 10.1. The van der Waals surface area contributed by atoms with Gasteiger partial charge in [0.05, 0.1) is 2.74 Å². The first-order valence-corrected chi connectivity index (χ1v) is 18.0. The van der Waals surface area contributed by atoms with Crippen LogP contribution in [0.15, 0.2) is 109 Å². The minimum atomic E-state index is -2.12. The molecule has 0 aliphatic carbocycles. The standard InChI is InChI=1S/C21H26ClNO.C14H13ClO.C7H14ClN.CH4.ClH/c1-21(17-7-4-3-5-8-17,18-10-12-19(22)13-11-18)24-16-14-20-9-6-15-23(20)2;1-14(16,11-5-3-2-4-6-11)12-7-9-13(15)10-8-12;1-9-6-2-3-7(9)4-5-8;;/h3-5,7-8,10-13,20H,6,9,14-16H2,1-2H3;2-10,16H,1H3;7H,2-6H2,1H3;1H4;1H/t20-,21?;;7-;;/m1.1../s1/i16D2;;1D3,5D2;;. The van der Waals surface area contributed by atoms with Gasteiger partial charge in [-0.15, -0.1) is 24.0 Å². The predicted molar refractivity (Wildman–Crippen MR) is 222 cm³/mol. The Labute approximate surface area is 339 Å². The summed E-state index contributed by atoms with van der Waals surface area (Å²) in [5.41, 5.74) is 1.64. The van der Waals surface area contributed by atoms with Crippen molar-refractivity contribution in [1.82, 2.24) is 9.80 Å². The van der Waals surface area contributed by atoms with Gasteiger partial charge in [-0.25, -0.2) is 0 Å². The first-order chi connectivity index (χ1) is 26.1. The van der Waals surface area contributed by atoms with Gasteiger partial charge in [0, 0.05) is 41.4 Å². The largest absolute Gasteiger partial charge is 0.381 e. The molecule has 4 aromatic carbocycles. The summed E-state index contributed by atoms with van der Waals surface area (Å²) in [7, 11) is 2.06. The van der Waals surface area contributed by atoms with Crippen molar-refractivity contribution in [3.63, 3.8) is 0 Å². The van der Waals surface area contributed by atoms with Crippen LogP contribution in [0.4, 0.5) is 0 Å². The van der Waals surface area contributed by atoms with Crippen LogP contribution in [-0.2, 0) is 15.9 Å². The first kappa shape index (κ1) is 34.6. The summed E-state index contributed by atoms with van der Waals surface area (Å²) in [5.74, 6) is -1.81. The number of benzene rings is 4. The Bertz CT molecular complexity index is 1780. The molecule has 2 fully saturated rings. The molecule has 2 heterocycles. The molecule has 4 aromatic rings. The molecule has 0 amide bonds. The van der Waals surface area contributed by atoms with E-state index in [4.69, 9.17) is 49.1 Å². The summed E-state index contributed by atoms with van der Waals surface area (Å²) < 4.78 is 59.6. The Morgan fingerprint density at radius 3 is 1.65 bits per heavy atom. The van der Waals surface area contributed by atoms with E-state index in [0.717, 1.165) is 48.1 Å². The van der Waals surface area contributed by atoms with E-state index in [2.05, 4.69) is 11.9 Å². The van der Waals surface area contributed by atoms with E-state index in [1.54, 1.807) is 19.1 Å². The lowest BCUT2D eigenvalue weighted by atomic mass is 9.88. The van der Waals surface area contributed by atoms with E-state index >= 15 is 0 Å². The molecule has 2 aliphatic rings. The average Bonchev–Trinajstić information content (AvgIpc) is 3.77. The van der Waals surface area contributed by atoms with Crippen LogP contribution in [0.5, 0.6) is 0 Å². The first-order valence-electron chi connectivity index (χ1n) is 20.3. The van der Waals surface area contributed by atoms with Gasteiger partial charge in [-0.3, -0.25) is 0 Å². The molecular weight excluding hydrogens is 718 g/mol. The summed E-state index contributed by atoms with van der Waals surface area (Å²) >= 11 is 17.3. The summed E-state index contributed by atoms with van der Waals surface area (Å²) in [6.07, 6.45) is 4.08. The SMILES string of the molecule is C.CC(O)(c1ccccc1)c1ccc(Cl)cc1.Cl.[2H]C([2H])(C[C@H]1CCCN1C)OC(C)(c1ccccc1)c1ccc(Cl)cc1.[2H]C([2H])(Cl)C[C@H]1CCCN1C([2H])([2H])[2H]. The highest BCUT2D eigenvalue weighted by molar-refractivity contribution is 6.30. The second kappa shape index (κ2) is 22.2. The molecule has 0 saturated carbocycles. The summed E-state index contributed by atoms with van der Waals surface area (Å²) in [6.45, 7) is 1.38. The number of nitrogens with zero attached hydrogens (tertiary/aromatic N) is 2. The van der Waals surface area contributed by atoms with Gasteiger partial charge in [0.2, 0.25) is 0 Å². The van der Waals surface area contributed by atoms with Crippen LogP contribution in [0.3, 0.4) is 0 Å². The van der Waals surface area contributed by atoms with Crippen LogP contribution in [0.25, 0.3) is 0 Å². The van der Waals surface area contributed by atoms with Gasteiger partial charge in [0.1, 0.15) is 11.2 Å². The van der Waals surface area contributed by atoms with Crippen molar-refractivity contribution >= 4 is 47.2 Å². The number of aliphatic hydroxyl groups is 1. The van der Waals surface area contributed by atoms with Gasteiger partial charge in [-0.2, -0.15) is 0 Å². The van der Waals surface area contributed by atoms with Gasteiger partial charge in [-0.05, 0) is 126 Å². The Hall–Kier alpha value is -2.12. The van der Waals surface area contributed by atoms with Gasteiger partial charge in [0.25, 0.3) is 0 Å². The highest BCUT2D eigenvalue weighted by Gasteiger charge is 2.31. The summed E-state index contributed by atoms with van der Waals surface area (Å²) in [5, 5.41) is 11.8. The zero-order valence-corrected chi connectivity index (χ0v) is 32.1. The van der Waals surface area contributed by atoms with Crippen molar-refractivity contribution in [3.8, 4) is 0 Å². The Morgan fingerprint density at radius 2 is 1.16 bits per heavy atom. The highest BCUT2D eigenvalue weighted by atomic mass is 35.5. The monoisotopic (exact) mass is 781 g/mol. The second-order valence-electron chi connectivity index (χ2n) is 12.9. The molecule has 0 spiro atoms. The smallest absolute Gasteiger partial charge is 0.115 e. The van der Waals surface area contributed by atoms with Crippen LogP contribution in [0, 0.1) is 0 Å². The fourth-order valence-corrected chi connectivity index (χ4v) is 6.60. The molecule has 1 N–H and O–H groups in total. The normalized spacial score (nSPS) is 22.4. The molecule has 6 rings (SSSR count). The molecular formula is C43H58Cl4N2O2. The topological polar surface area (TPSA) is 35.9 Å². The van der Waals surface area contributed by atoms with E-state index in [1.807, 2.05) is 104 Å². The molecule has 0 bridgehead atoms. The van der Waals surface area contributed by atoms with Crippen LogP contribution in [0.2, 0.25) is 10.0 Å². The molecule has 2 unspecified atom stereocenters. The maximum atomic E-state index is 10.5. The van der Waals surface area contributed by atoms with Crippen LogP contribution >= 0.6 is 47.2 Å². The molecule has 0 radical (unpaired) electrons. The third-order valence-electron chi connectivity index (χ3n) is 9.42. The lowest BCUT2D eigenvalue weighted by Crippen LogP contribution is -2.31. The van der Waals surface area contributed by atoms with Crippen LogP contribution in [-0.4, -0.2) is 66.5 Å². The molecule has 51 heavy (non-hydrogen) atoms. The number of rotatable bonds is 10. The lowest BCUT2D eigenvalue weighted by Gasteiger charge is -2.32. The minimum absolute atomic E-state index is 0. The zero-order valence-electron chi connectivity index (χ0n) is 36.0. The molecule has 2 aliphatic heterocycles. The van der Waals surface area contributed by atoms with Gasteiger partial charge >= 0.3 is 0 Å². The quantitative estimate of drug-likeness (QED) is 0.163. The van der Waals surface area contributed by atoms with E-state index in [-0.39, 0.29) is 38.3 Å². The van der Waals surface area contributed by atoms with Crippen molar-refractivity contribution in [3.05, 3.63) is 141 Å². The average molecular weight is 784 g/mol. The maximum absolute atomic E-state index is 10.5.